The molecule has 1 heterocycles. The lowest BCUT2D eigenvalue weighted by atomic mass is 10.1. The molecule has 2 rings (SSSR count). The molecule has 1 aromatic carbocycles. The Kier molecular flexibility index (Phi) is 5.82. The van der Waals surface area contributed by atoms with Gasteiger partial charge >= 0.3 is 5.97 Å². The highest BCUT2D eigenvalue weighted by molar-refractivity contribution is 5.94. The van der Waals surface area contributed by atoms with Gasteiger partial charge in [0.2, 0.25) is 0 Å². The van der Waals surface area contributed by atoms with Gasteiger partial charge in [0, 0.05) is 32.2 Å². The van der Waals surface area contributed by atoms with E-state index in [1.807, 2.05) is 4.90 Å². The van der Waals surface area contributed by atoms with E-state index in [0.717, 1.165) is 12.1 Å². The maximum absolute atomic E-state index is 13.8. The van der Waals surface area contributed by atoms with E-state index in [-0.39, 0.29) is 18.4 Å². The number of halogens is 3. The summed E-state index contributed by atoms with van der Waals surface area (Å²) < 4.78 is 44.7. The van der Waals surface area contributed by atoms with Crippen molar-refractivity contribution < 1.29 is 27.5 Å². The van der Waals surface area contributed by atoms with Crippen molar-refractivity contribution in [3.63, 3.8) is 0 Å². The Hall–Kier alpha value is -2.09. The van der Waals surface area contributed by atoms with Crippen LogP contribution in [0.4, 0.5) is 13.2 Å². The van der Waals surface area contributed by atoms with Crippen LogP contribution in [0.2, 0.25) is 0 Å². The minimum absolute atomic E-state index is 0.245. The highest BCUT2D eigenvalue weighted by Crippen LogP contribution is 2.20. The van der Waals surface area contributed by atoms with Crippen molar-refractivity contribution in [3.05, 3.63) is 35.1 Å². The molecule has 0 unspecified atom stereocenters. The van der Waals surface area contributed by atoms with Crippen LogP contribution in [0, 0.1) is 17.5 Å². The van der Waals surface area contributed by atoms with E-state index in [4.69, 9.17) is 0 Å². The van der Waals surface area contributed by atoms with E-state index in [0.29, 0.717) is 26.2 Å². The van der Waals surface area contributed by atoms with Crippen LogP contribution < -0.4 is 0 Å². The Labute approximate surface area is 138 Å². The third-order valence-electron chi connectivity index (χ3n) is 4.10. The first kappa shape index (κ1) is 18.3. The van der Waals surface area contributed by atoms with Gasteiger partial charge in [0.25, 0.3) is 5.91 Å². The maximum Gasteiger partial charge on any atom is 0.306 e. The van der Waals surface area contributed by atoms with Gasteiger partial charge in [0.15, 0.2) is 17.5 Å². The lowest BCUT2D eigenvalue weighted by Crippen LogP contribution is -2.54. The van der Waals surface area contributed by atoms with Gasteiger partial charge in [0.05, 0.1) is 19.1 Å². The smallest absolute Gasteiger partial charge is 0.306 e. The SMILES string of the molecule is COC(=O)CCN1CCN(C(=O)c2ccc(F)c(F)c2F)[C@@H](C)C1. The fourth-order valence-electron chi connectivity index (χ4n) is 2.74. The number of benzene rings is 1. The van der Waals surface area contributed by atoms with E-state index in [9.17, 15) is 22.8 Å². The quantitative estimate of drug-likeness (QED) is 0.618. The van der Waals surface area contributed by atoms with Gasteiger partial charge in [-0.3, -0.25) is 14.5 Å². The molecular weight excluding hydrogens is 325 g/mol. The Morgan fingerprint density at radius 2 is 1.92 bits per heavy atom. The summed E-state index contributed by atoms with van der Waals surface area (Å²) in [5.41, 5.74) is -0.483. The summed E-state index contributed by atoms with van der Waals surface area (Å²) in [5, 5.41) is 0. The van der Waals surface area contributed by atoms with Crippen molar-refractivity contribution in [1.82, 2.24) is 9.80 Å². The molecule has 24 heavy (non-hydrogen) atoms. The molecule has 0 radical (unpaired) electrons. The predicted octanol–water partition coefficient (Wildman–Crippen LogP) is 1.81. The molecule has 1 aliphatic rings. The van der Waals surface area contributed by atoms with Crippen LogP contribution in [-0.4, -0.2) is 61.0 Å². The molecule has 1 aromatic rings. The number of hydrogen-bond donors (Lipinski definition) is 0. The number of methoxy groups -OCH3 is 1. The van der Waals surface area contributed by atoms with E-state index < -0.39 is 28.9 Å². The van der Waals surface area contributed by atoms with Crippen molar-refractivity contribution in [2.45, 2.75) is 19.4 Å². The zero-order chi connectivity index (χ0) is 17.9. The van der Waals surface area contributed by atoms with E-state index in [1.54, 1.807) is 6.92 Å². The summed E-state index contributed by atoms with van der Waals surface area (Å²) in [6.45, 7) is 3.57. The fraction of sp³-hybridized carbons (Fsp3) is 0.500. The van der Waals surface area contributed by atoms with Gasteiger partial charge < -0.3 is 9.64 Å². The third-order valence-corrected chi connectivity index (χ3v) is 4.10. The van der Waals surface area contributed by atoms with E-state index in [2.05, 4.69) is 4.74 Å². The zero-order valence-electron chi connectivity index (χ0n) is 13.5. The van der Waals surface area contributed by atoms with Crippen LogP contribution in [0.1, 0.15) is 23.7 Å². The molecule has 1 aliphatic heterocycles. The Morgan fingerprint density at radius 1 is 1.21 bits per heavy atom. The summed E-state index contributed by atoms with van der Waals surface area (Å²) >= 11 is 0. The lowest BCUT2D eigenvalue weighted by Gasteiger charge is -2.39. The molecule has 1 fully saturated rings. The lowest BCUT2D eigenvalue weighted by molar-refractivity contribution is -0.141. The van der Waals surface area contributed by atoms with Crippen molar-refractivity contribution in [2.24, 2.45) is 0 Å². The highest BCUT2D eigenvalue weighted by Gasteiger charge is 2.30. The van der Waals surface area contributed by atoms with Crippen LogP contribution in [0.15, 0.2) is 12.1 Å². The average molecular weight is 344 g/mol. The molecule has 5 nitrogen and oxygen atoms in total. The van der Waals surface area contributed by atoms with Crippen molar-refractivity contribution in [2.75, 3.05) is 33.3 Å². The first-order valence-electron chi connectivity index (χ1n) is 7.58. The summed E-state index contributed by atoms with van der Waals surface area (Å²) in [5.74, 6) is -5.44. The monoisotopic (exact) mass is 344 g/mol. The van der Waals surface area contributed by atoms with Gasteiger partial charge in [-0.2, -0.15) is 0 Å². The zero-order valence-corrected chi connectivity index (χ0v) is 13.5. The third kappa shape index (κ3) is 3.87. The number of hydrogen-bond acceptors (Lipinski definition) is 4. The molecule has 8 heteroatoms. The summed E-state index contributed by atoms with van der Waals surface area (Å²) in [6.07, 6.45) is 0.245. The van der Waals surface area contributed by atoms with Crippen LogP contribution in [-0.2, 0) is 9.53 Å². The van der Waals surface area contributed by atoms with Crippen molar-refractivity contribution in [3.8, 4) is 0 Å². The first-order chi connectivity index (χ1) is 11.3. The second-order valence-corrected chi connectivity index (χ2v) is 5.70. The van der Waals surface area contributed by atoms with Crippen molar-refractivity contribution in [1.29, 1.82) is 0 Å². The second-order valence-electron chi connectivity index (χ2n) is 5.70. The minimum atomic E-state index is -1.65. The molecule has 0 N–H and O–H groups in total. The fourth-order valence-corrected chi connectivity index (χ4v) is 2.74. The Morgan fingerprint density at radius 3 is 2.54 bits per heavy atom. The summed E-state index contributed by atoms with van der Waals surface area (Å²) in [6, 6.07) is 1.44. The van der Waals surface area contributed by atoms with E-state index in [1.165, 1.54) is 12.0 Å². The molecule has 0 bridgehead atoms. The maximum atomic E-state index is 13.8. The number of carbonyl (C=O) groups excluding carboxylic acids is 2. The molecule has 132 valence electrons. The number of nitrogens with zero attached hydrogens (tertiary/aromatic N) is 2. The van der Waals surface area contributed by atoms with Crippen LogP contribution in [0.3, 0.4) is 0 Å². The number of rotatable bonds is 4. The average Bonchev–Trinajstić information content (AvgIpc) is 2.57. The van der Waals surface area contributed by atoms with Crippen LogP contribution in [0.25, 0.3) is 0 Å². The topological polar surface area (TPSA) is 49.9 Å². The van der Waals surface area contributed by atoms with Crippen LogP contribution >= 0.6 is 0 Å². The number of esters is 1. The van der Waals surface area contributed by atoms with Crippen molar-refractivity contribution >= 4 is 11.9 Å². The molecule has 1 atom stereocenters. The number of amides is 1. The standard InChI is InChI=1S/C16H19F3N2O3/c1-10-9-20(6-5-13(22)24-2)7-8-21(10)16(23)11-3-4-12(17)15(19)14(11)18/h3-4,10H,5-9H2,1-2H3/t10-/m0/s1. The van der Waals surface area contributed by atoms with Gasteiger partial charge in [-0.15, -0.1) is 0 Å². The minimum Gasteiger partial charge on any atom is -0.469 e. The number of carbonyl (C=O) groups is 2. The number of ether oxygens (including phenoxy) is 1. The molecule has 0 spiro atoms. The summed E-state index contributed by atoms with van der Waals surface area (Å²) in [4.78, 5) is 27.0. The van der Waals surface area contributed by atoms with E-state index >= 15 is 0 Å². The molecule has 0 aliphatic carbocycles. The highest BCUT2D eigenvalue weighted by atomic mass is 19.2. The normalized spacial score (nSPS) is 18.5. The molecular formula is C16H19F3N2O3. The van der Waals surface area contributed by atoms with Gasteiger partial charge in [0.1, 0.15) is 0 Å². The Balaban J connectivity index is 2.03. The Bertz CT molecular complexity index is 639. The van der Waals surface area contributed by atoms with Gasteiger partial charge in [-0.05, 0) is 19.1 Å². The summed E-state index contributed by atoms with van der Waals surface area (Å²) in [7, 11) is 1.32. The largest absolute Gasteiger partial charge is 0.469 e. The van der Waals surface area contributed by atoms with Crippen LogP contribution in [0.5, 0.6) is 0 Å². The molecule has 1 saturated heterocycles. The molecule has 0 aromatic heterocycles. The van der Waals surface area contributed by atoms with Gasteiger partial charge in [-0.25, -0.2) is 13.2 Å². The first-order valence-corrected chi connectivity index (χ1v) is 7.58. The predicted molar refractivity (Wildman–Crippen MR) is 79.9 cm³/mol. The molecule has 0 saturated carbocycles. The second kappa shape index (κ2) is 7.65. The number of piperazine rings is 1. The van der Waals surface area contributed by atoms with Gasteiger partial charge in [-0.1, -0.05) is 0 Å². The molecule has 1 amide bonds.